The summed E-state index contributed by atoms with van der Waals surface area (Å²) in [5.74, 6) is -4.24. The van der Waals surface area contributed by atoms with Gasteiger partial charge in [-0.05, 0) is 49.1 Å². The van der Waals surface area contributed by atoms with Crippen LogP contribution in [0, 0.1) is 17.5 Å². The standard InChI is InChI=1S/C25H23F3N4O3/c1-13-22-18(23(30(2)29-22)15-10-19(26)21(28)20(27)11-15)7-9-32(13)24(33)17-5-3-4-14-12-31(25(34)35)8-6-16(14)17/h3-5,10-11,13H,6-9,12H2,1-2H3,(H,34,35). The van der Waals surface area contributed by atoms with E-state index in [-0.39, 0.29) is 18.0 Å². The topological polar surface area (TPSA) is 78.7 Å². The number of aromatic nitrogens is 2. The van der Waals surface area contributed by atoms with Crippen molar-refractivity contribution in [2.75, 3.05) is 13.1 Å². The summed E-state index contributed by atoms with van der Waals surface area (Å²) < 4.78 is 42.8. The van der Waals surface area contributed by atoms with Crippen LogP contribution in [0.3, 0.4) is 0 Å². The summed E-state index contributed by atoms with van der Waals surface area (Å²) in [6.45, 7) is 2.77. The van der Waals surface area contributed by atoms with Crippen LogP contribution in [0.15, 0.2) is 30.3 Å². The minimum atomic E-state index is -1.52. The summed E-state index contributed by atoms with van der Waals surface area (Å²) in [5, 5.41) is 13.9. The third-order valence-electron chi connectivity index (χ3n) is 6.93. The Morgan fingerprint density at radius 2 is 1.74 bits per heavy atom. The number of fused-ring (bicyclic) bond motifs is 2. The van der Waals surface area contributed by atoms with E-state index in [0.29, 0.717) is 42.9 Å². The van der Waals surface area contributed by atoms with E-state index in [4.69, 9.17) is 0 Å². The van der Waals surface area contributed by atoms with Crippen molar-refractivity contribution in [1.29, 1.82) is 0 Å². The van der Waals surface area contributed by atoms with Crippen molar-refractivity contribution in [3.63, 3.8) is 0 Å². The van der Waals surface area contributed by atoms with Crippen LogP contribution in [0.5, 0.6) is 0 Å². The molecule has 0 aliphatic carbocycles. The Bertz CT molecular complexity index is 1350. The van der Waals surface area contributed by atoms with Crippen LogP contribution in [0.4, 0.5) is 18.0 Å². The maximum Gasteiger partial charge on any atom is 0.407 e. The number of hydrogen-bond acceptors (Lipinski definition) is 3. The average Bonchev–Trinajstić information content (AvgIpc) is 3.18. The SMILES string of the molecule is CC1c2nn(C)c(-c3cc(F)c(F)c(F)c3)c2CCN1C(=O)c1cccc2c1CCN(C(=O)O)C2. The second kappa shape index (κ2) is 8.44. The highest BCUT2D eigenvalue weighted by Crippen LogP contribution is 2.37. The molecule has 10 heteroatoms. The summed E-state index contributed by atoms with van der Waals surface area (Å²) in [6.07, 6.45) is -0.125. The lowest BCUT2D eigenvalue weighted by molar-refractivity contribution is 0.0671. The number of nitrogens with zero attached hydrogens (tertiary/aromatic N) is 4. The summed E-state index contributed by atoms with van der Waals surface area (Å²) in [6, 6.07) is 6.85. The van der Waals surface area contributed by atoms with Crippen LogP contribution >= 0.6 is 0 Å². The van der Waals surface area contributed by atoms with E-state index in [2.05, 4.69) is 5.10 Å². The zero-order valence-corrected chi connectivity index (χ0v) is 19.2. The Morgan fingerprint density at radius 3 is 2.43 bits per heavy atom. The fourth-order valence-electron chi connectivity index (χ4n) is 5.20. The van der Waals surface area contributed by atoms with Gasteiger partial charge in [0, 0.05) is 43.4 Å². The largest absolute Gasteiger partial charge is 0.465 e. The highest BCUT2D eigenvalue weighted by atomic mass is 19.2. The number of carbonyl (C=O) groups is 2. The van der Waals surface area contributed by atoms with E-state index in [0.717, 1.165) is 28.8 Å². The number of amides is 2. The van der Waals surface area contributed by atoms with Gasteiger partial charge < -0.3 is 14.9 Å². The van der Waals surface area contributed by atoms with Crippen molar-refractivity contribution in [2.45, 2.75) is 32.4 Å². The van der Waals surface area contributed by atoms with Crippen molar-refractivity contribution in [3.05, 3.63) is 75.7 Å². The average molecular weight is 484 g/mol. The van der Waals surface area contributed by atoms with Crippen molar-refractivity contribution < 1.29 is 27.9 Å². The second-order valence-corrected chi connectivity index (χ2v) is 8.91. The van der Waals surface area contributed by atoms with E-state index in [1.807, 2.05) is 13.0 Å². The Labute approximate surface area is 199 Å². The molecule has 0 fully saturated rings. The molecule has 1 atom stereocenters. The maximum atomic E-state index is 13.9. The minimum absolute atomic E-state index is 0.171. The zero-order chi connectivity index (χ0) is 25.0. The molecule has 0 saturated carbocycles. The number of benzene rings is 2. The molecule has 2 aliphatic rings. The molecule has 0 saturated heterocycles. The number of halogens is 3. The van der Waals surface area contributed by atoms with Gasteiger partial charge in [0.25, 0.3) is 5.91 Å². The number of hydrogen-bond donors (Lipinski definition) is 1. The molecule has 0 bridgehead atoms. The molecule has 1 aromatic heterocycles. The van der Waals surface area contributed by atoms with Crippen molar-refractivity contribution >= 4 is 12.0 Å². The molecule has 35 heavy (non-hydrogen) atoms. The molecular weight excluding hydrogens is 461 g/mol. The van der Waals surface area contributed by atoms with Gasteiger partial charge >= 0.3 is 6.09 Å². The Kier molecular flexibility index (Phi) is 5.53. The van der Waals surface area contributed by atoms with Gasteiger partial charge in [-0.1, -0.05) is 12.1 Å². The molecule has 2 amide bonds. The third-order valence-corrected chi connectivity index (χ3v) is 6.93. The van der Waals surface area contributed by atoms with Crippen LogP contribution in [0.2, 0.25) is 0 Å². The summed E-state index contributed by atoms with van der Waals surface area (Å²) in [7, 11) is 1.65. The van der Waals surface area contributed by atoms with E-state index in [1.54, 1.807) is 24.1 Å². The lowest BCUT2D eigenvalue weighted by Gasteiger charge is -2.34. The van der Waals surface area contributed by atoms with Crippen LogP contribution in [-0.4, -0.2) is 49.8 Å². The lowest BCUT2D eigenvalue weighted by atomic mass is 9.91. The summed E-state index contributed by atoms with van der Waals surface area (Å²) in [4.78, 5) is 28.0. The lowest BCUT2D eigenvalue weighted by Crippen LogP contribution is -2.40. The second-order valence-electron chi connectivity index (χ2n) is 8.91. The van der Waals surface area contributed by atoms with Crippen LogP contribution in [-0.2, 0) is 26.4 Å². The number of carboxylic acid groups (broad SMARTS) is 1. The van der Waals surface area contributed by atoms with E-state index in [9.17, 15) is 27.9 Å². The Morgan fingerprint density at radius 1 is 1.06 bits per heavy atom. The fourth-order valence-corrected chi connectivity index (χ4v) is 5.20. The first-order chi connectivity index (χ1) is 16.7. The van der Waals surface area contributed by atoms with Crippen LogP contribution in [0.1, 0.15) is 45.7 Å². The van der Waals surface area contributed by atoms with Gasteiger partial charge in [0.2, 0.25) is 0 Å². The zero-order valence-electron chi connectivity index (χ0n) is 19.2. The monoisotopic (exact) mass is 484 g/mol. The molecule has 1 N–H and O–H groups in total. The van der Waals surface area contributed by atoms with Gasteiger partial charge in [-0.3, -0.25) is 9.48 Å². The molecular formula is C25H23F3N4O3. The quantitative estimate of drug-likeness (QED) is 0.551. The summed E-state index contributed by atoms with van der Waals surface area (Å²) >= 11 is 0. The van der Waals surface area contributed by atoms with E-state index >= 15 is 0 Å². The first kappa shape index (κ1) is 22.9. The molecule has 1 unspecified atom stereocenters. The molecule has 182 valence electrons. The predicted molar refractivity (Wildman–Crippen MR) is 120 cm³/mol. The van der Waals surface area contributed by atoms with E-state index in [1.165, 1.54) is 9.58 Å². The predicted octanol–water partition coefficient (Wildman–Crippen LogP) is 4.30. The third kappa shape index (κ3) is 3.73. The first-order valence-corrected chi connectivity index (χ1v) is 11.3. The van der Waals surface area contributed by atoms with E-state index < -0.39 is 29.6 Å². The Hall–Kier alpha value is -3.82. The van der Waals surface area contributed by atoms with Gasteiger partial charge in [-0.15, -0.1) is 0 Å². The van der Waals surface area contributed by atoms with Gasteiger partial charge in [-0.25, -0.2) is 18.0 Å². The van der Waals surface area contributed by atoms with Crippen LogP contribution in [0.25, 0.3) is 11.3 Å². The summed E-state index contributed by atoms with van der Waals surface area (Å²) in [5.41, 5.74) is 4.27. The highest BCUT2D eigenvalue weighted by Gasteiger charge is 2.35. The van der Waals surface area contributed by atoms with Gasteiger partial charge in [0.05, 0.1) is 17.4 Å². The highest BCUT2D eigenvalue weighted by molar-refractivity contribution is 5.96. The van der Waals surface area contributed by atoms with Crippen molar-refractivity contribution in [3.8, 4) is 11.3 Å². The van der Waals surface area contributed by atoms with Gasteiger partial charge in [-0.2, -0.15) is 5.10 Å². The van der Waals surface area contributed by atoms with Gasteiger partial charge in [0.15, 0.2) is 17.5 Å². The van der Waals surface area contributed by atoms with Crippen molar-refractivity contribution in [2.24, 2.45) is 7.05 Å². The number of carbonyl (C=O) groups excluding carboxylic acids is 1. The van der Waals surface area contributed by atoms with Crippen LogP contribution < -0.4 is 0 Å². The molecule has 3 heterocycles. The molecule has 3 aromatic rings. The molecule has 0 radical (unpaired) electrons. The number of rotatable bonds is 2. The molecule has 2 aliphatic heterocycles. The molecule has 2 aromatic carbocycles. The smallest absolute Gasteiger partial charge is 0.407 e. The molecule has 5 rings (SSSR count). The number of aryl methyl sites for hydroxylation is 1. The molecule has 0 spiro atoms. The maximum absolute atomic E-state index is 13.9. The minimum Gasteiger partial charge on any atom is -0.465 e. The normalized spacial score (nSPS) is 17.2. The van der Waals surface area contributed by atoms with Crippen molar-refractivity contribution in [1.82, 2.24) is 19.6 Å². The first-order valence-electron chi connectivity index (χ1n) is 11.3. The molecule has 7 nitrogen and oxygen atoms in total. The van der Waals surface area contributed by atoms with Gasteiger partial charge in [0.1, 0.15) is 0 Å². The Balaban J connectivity index is 1.47. The fraction of sp³-hybridized carbons (Fsp3) is 0.320.